The van der Waals surface area contributed by atoms with Gasteiger partial charge in [-0.25, -0.2) is 4.39 Å². The van der Waals surface area contributed by atoms with Crippen LogP contribution in [0.25, 0.3) is 22.4 Å². The van der Waals surface area contributed by atoms with Gasteiger partial charge in [0.2, 0.25) is 0 Å². The Morgan fingerprint density at radius 3 is 2.52 bits per heavy atom. The molecule has 1 aromatic heterocycles. The summed E-state index contributed by atoms with van der Waals surface area (Å²) in [4.78, 5) is 11.6. The molecule has 0 saturated carbocycles. The molecule has 1 N–H and O–H groups in total. The quantitative estimate of drug-likeness (QED) is 0.650. The second kappa shape index (κ2) is 6.91. The van der Waals surface area contributed by atoms with E-state index in [0.29, 0.717) is 33.8 Å². The number of benzene rings is 2. The molecular formula is C20H15F4N3O2. The van der Waals surface area contributed by atoms with Gasteiger partial charge < -0.3 is 10.1 Å². The highest BCUT2D eigenvalue weighted by atomic mass is 19.4. The average Bonchev–Trinajstić information content (AvgIpc) is 2.95. The van der Waals surface area contributed by atoms with E-state index < -0.39 is 18.5 Å². The van der Waals surface area contributed by atoms with E-state index in [4.69, 9.17) is 4.74 Å². The zero-order chi connectivity index (χ0) is 20.8. The summed E-state index contributed by atoms with van der Waals surface area (Å²) in [5.74, 6) is -0.350. The van der Waals surface area contributed by atoms with Crippen LogP contribution in [0.3, 0.4) is 0 Å². The van der Waals surface area contributed by atoms with Crippen LogP contribution in [0, 0.1) is 12.7 Å². The predicted molar refractivity (Wildman–Crippen MR) is 98.0 cm³/mol. The first kappa shape index (κ1) is 19.0. The first-order valence-corrected chi connectivity index (χ1v) is 8.68. The lowest BCUT2D eigenvalue weighted by molar-refractivity contribution is -0.142. The number of alkyl halides is 3. The van der Waals surface area contributed by atoms with Crippen molar-refractivity contribution in [2.24, 2.45) is 0 Å². The van der Waals surface area contributed by atoms with E-state index in [1.165, 1.54) is 24.3 Å². The standard InChI is InChI=1S/C20H15F4N3O2/c1-11-18(13-4-7-16-15(8-13)25-17(28)9-29-16)19(12-2-5-14(21)6-3-12)27(26-11)10-20(22,23)24/h2-8H,9-10H2,1H3,(H,25,28). The number of aryl methyl sites for hydroxylation is 1. The van der Waals surface area contributed by atoms with Crippen molar-refractivity contribution in [3.05, 3.63) is 54.0 Å². The molecule has 0 spiro atoms. The SMILES string of the molecule is Cc1nn(CC(F)(F)F)c(-c2ccc(F)cc2)c1-c1ccc2c(c1)NC(=O)CO2. The Kier molecular flexibility index (Phi) is 4.52. The van der Waals surface area contributed by atoms with Crippen molar-refractivity contribution >= 4 is 11.6 Å². The van der Waals surface area contributed by atoms with E-state index in [1.807, 2.05) is 0 Å². The van der Waals surface area contributed by atoms with Crippen LogP contribution in [0.4, 0.5) is 23.2 Å². The summed E-state index contributed by atoms with van der Waals surface area (Å²) in [5.41, 5.74) is 2.42. The summed E-state index contributed by atoms with van der Waals surface area (Å²) in [6.45, 7) is 0.213. The van der Waals surface area contributed by atoms with E-state index in [2.05, 4.69) is 10.4 Å². The average molecular weight is 405 g/mol. The third-order valence-electron chi connectivity index (χ3n) is 4.48. The number of halogens is 4. The van der Waals surface area contributed by atoms with E-state index >= 15 is 0 Å². The van der Waals surface area contributed by atoms with Crippen LogP contribution in [0.15, 0.2) is 42.5 Å². The van der Waals surface area contributed by atoms with Gasteiger partial charge in [0.1, 0.15) is 18.1 Å². The molecular weight excluding hydrogens is 390 g/mol. The molecule has 1 aliphatic heterocycles. The molecule has 0 bridgehead atoms. The highest BCUT2D eigenvalue weighted by molar-refractivity contribution is 5.97. The minimum Gasteiger partial charge on any atom is -0.482 e. The molecule has 29 heavy (non-hydrogen) atoms. The molecule has 1 amide bonds. The van der Waals surface area contributed by atoms with E-state index in [1.54, 1.807) is 25.1 Å². The van der Waals surface area contributed by atoms with Crippen molar-refractivity contribution in [2.75, 3.05) is 11.9 Å². The van der Waals surface area contributed by atoms with Crippen molar-refractivity contribution in [1.82, 2.24) is 9.78 Å². The van der Waals surface area contributed by atoms with Crippen LogP contribution in [0.2, 0.25) is 0 Å². The Bertz CT molecular complexity index is 1090. The molecule has 1 aliphatic rings. The Balaban J connectivity index is 1.90. The van der Waals surface area contributed by atoms with Gasteiger partial charge in [-0.05, 0) is 48.9 Å². The fraction of sp³-hybridized carbons (Fsp3) is 0.200. The summed E-state index contributed by atoms with van der Waals surface area (Å²) in [6, 6.07) is 10.1. The van der Waals surface area contributed by atoms with Gasteiger partial charge in [-0.2, -0.15) is 18.3 Å². The minimum absolute atomic E-state index is 0.101. The van der Waals surface area contributed by atoms with Crippen molar-refractivity contribution in [2.45, 2.75) is 19.6 Å². The fourth-order valence-corrected chi connectivity index (χ4v) is 3.35. The second-order valence-corrected chi connectivity index (χ2v) is 6.64. The topological polar surface area (TPSA) is 56.2 Å². The lowest BCUT2D eigenvalue weighted by Crippen LogP contribution is -2.25. The molecule has 0 aliphatic carbocycles. The molecule has 0 atom stereocenters. The summed E-state index contributed by atoms with van der Waals surface area (Å²) >= 11 is 0. The lowest BCUT2D eigenvalue weighted by atomic mass is 9.98. The van der Waals surface area contributed by atoms with Crippen LogP contribution in [0.5, 0.6) is 5.75 Å². The molecule has 0 unspecified atom stereocenters. The van der Waals surface area contributed by atoms with Gasteiger partial charge >= 0.3 is 6.18 Å². The fourth-order valence-electron chi connectivity index (χ4n) is 3.35. The maximum Gasteiger partial charge on any atom is 0.408 e. The second-order valence-electron chi connectivity index (χ2n) is 6.64. The smallest absolute Gasteiger partial charge is 0.408 e. The Labute approximate surface area is 162 Å². The molecule has 2 aromatic carbocycles. The number of fused-ring (bicyclic) bond motifs is 1. The summed E-state index contributed by atoms with van der Waals surface area (Å²) in [6.07, 6.45) is -4.48. The van der Waals surface area contributed by atoms with Crippen LogP contribution >= 0.6 is 0 Å². The number of amides is 1. The van der Waals surface area contributed by atoms with Gasteiger partial charge in [-0.3, -0.25) is 9.48 Å². The van der Waals surface area contributed by atoms with Crippen molar-refractivity contribution in [3.63, 3.8) is 0 Å². The van der Waals surface area contributed by atoms with Crippen molar-refractivity contribution in [3.8, 4) is 28.1 Å². The van der Waals surface area contributed by atoms with Crippen molar-refractivity contribution < 1.29 is 27.1 Å². The predicted octanol–water partition coefficient (Wildman–Crippen LogP) is 4.56. The highest BCUT2D eigenvalue weighted by Crippen LogP contribution is 2.39. The zero-order valence-corrected chi connectivity index (χ0v) is 15.2. The van der Waals surface area contributed by atoms with Crippen LogP contribution in [0.1, 0.15) is 5.69 Å². The van der Waals surface area contributed by atoms with Gasteiger partial charge in [0.25, 0.3) is 5.91 Å². The number of hydrogen-bond donors (Lipinski definition) is 1. The number of aromatic nitrogens is 2. The molecule has 0 radical (unpaired) electrons. The van der Waals surface area contributed by atoms with Crippen LogP contribution in [-0.4, -0.2) is 28.5 Å². The van der Waals surface area contributed by atoms with Crippen molar-refractivity contribution in [1.29, 1.82) is 0 Å². The molecule has 3 aromatic rings. The maximum absolute atomic E-state index is 13.4. The number of ether oxygens (including phenoxy) is 1. The van der Waals surface area contributed by atoms with Crippen LogP contribution < -0.4 is 10.1 Å². The van der Waals surface area contributed by atoms with Gasteiger partial charge in [-0.15, -0.1) is 0 Å². The number of carbonyl (C=O) groups is 1. The number of hydrogen-bond acceptors (Lipinski definition) is 3. The van der Waals surface area contributed by atoms with E-state index in [-0.39, 0.29) is 18.2 Å². The molecule has 0 fully saturated rings. The van der Waals surface area contributed by atoms with E-state index in [9.17, 15) is 22.4 Å². The van der Waals surface area contributed by atoms with Gasteiger partial charge in [-0.1, -0.05) is 6.07 Å². The molecule has 2 heterocycles. The Morgan fingerprint density at radius 1 is 1.14 bits per heavy atom. The molecule has 5 nitrogen and oxygen atoms in total. The number of nitrogens with zero attached hydrogens (tertiary/aromatic N) is 2. The van der Waals surface area contributed by atoms with Gasteiger partial charge in [0.15, 0.2) is 6.61 Å². The zero-order valence-electron chi connectivity index (χ0n) is 15.2. The summed E-state index contributed by atoms with van der Waals surface area (Å²) < 4.78 is 59.0. The monoisotopic (exact) mass is 405 g/mol. The third-order valence-corrected chi connectivity index (χ3v) is 4.48. The maximum atomic E-state index is 13.4. The summed E-state index contributed by atoms with van der Waals surface area (Å²) in [7, 11) is 0. The lowest BCUT2D eigenvalue weighted by Gasteiger charge is -2.19. The number of rotatable bonds is 3. The first-order chi connectivity index (χ1) is 13.7. The number of nitrogens with one attached hydrogen (secondary N) is 1. The van der Waals surface area contributed by atoms with Gasteiger partial charge in [0, 0.05) is 11.1 Å². The first-order valence-electron chi connectivity index (χ1n) is 8.68. The minimum atomic E-state index is -4.48. The largest absolute Gasteiger partial charge is 0.482 e. The third kappa shape index (κ3) is 3.80. The van der Waals surface area contributed by atoms with Gasteiger partial charge in [0.05, 0.1) is 17.1 Å². The Morgan fingerprint density at radius 2 is 1.83 bits per heavy atom. The Hall–Kier alpha value is -3.36. The van der Waals surface area contributed by atoms with Crippen LogP contribution in [-0.2, 0) is 11.3 Å². The summed E-state index contributed by atoms with van der Waals surface area (Å²) in [5, 5.41) is 6.76. The normalized spacial score (nSPS) is 13.6. The molecule has 150 valence electrons. The number of anilines is 1. The molecule has 4 rings (SSSR count). The molecule has 0 saturated heterocycles. The van der Waals surface area contributed by atoms with E-state index in [0.717, 1.165) is 4.68 Å². The number of carbonyl (C=O) groups excluding carboxylic acids is 1. The molecule has 9 heteroatoms. The highest BCUT2D eigenvalue weighted by Gasteiger charge is 2.32.